The van der Waals surface area contributed by atoms with E-state index in [1.165, 1.54) is 16.5 Å². The standard InChI is InChI=1S/C32H25N3O/c1-34(28-12-6-4-10-26(28)33)20-21-14-16-22(17-15-21)35-27-11-5-2-9-25(27)31-29(35)19-18-24-23-8-3-7-13-30(23)36-32(24)31/h2-19H,20,33H2,1H3. The van der Waals surface area contributed by atoms with Crippen LogP contribution in [0, 0.1) is 0 Å². The van der Waals surface area contributed by atoms with E-state index in [1.54, 1.807) is 0 Å². The lowest BCUT2D eigenvalue weighted by Crippen LogP contribution is -2.17. The van der Waals surface area contributed by atoms with Gasteiger partial charge in [0.2, 0.25) is 0 Å². The number of furan rings is 1. The van der Waals surface area contributed by atoms with Crippen LogP contribution in [0.1, 0.15) is 5.56 Å². The van der Waals surface area contributed by atoms with Gasteiger partial charge in [-0.05, 0) is 54.1 Å². The minimum Gasteiger partial charge on any atom is -0.455 e. The zero-order valence-electron chi connectivity index (χ0n) is 20.0. The molecule has 0 radical (unpaired) electrons. The summed E-state index contributed by atoms with van der Waals surface area (Å²) in [5.74, 6) is 0. The quantitative estimate of drug-likeness (QED) is 0.268. The Morgan fingerprint density at radius 2 is 1.42 bits per heavy atom. The average molecular weight is 468 g/mol. The molecule has 0 aliphatic carbocycles. The van der Waals surface area contributed by atoms with Crippen molar-refractivity contribution < 1.29 is 4.42 Å². The Hall–Kier alpha value is -4.70. The van der Waals surface area contributed by atoms with Gasteiger partial charge in [0.1, 0.15) is 11.2 Å². The summed E-state index contributed by atoms with van der Waals surface area (Å²) in [7, 11) is 2.07. The van der Waals surface area contributed by atoms with E-state index in [0.29, 0.717) is 0 Å². The number of hydrogen-bond donors (Lipinski definition) is 1. The first-order chi connectivity index (χ1) is 17.7. The second-order valence-corrected chi connectivity index (χ2v) is 9.37. The fraction of sp³-hybridized carbons (Fsp3) is 0.0625. The van der Waals surface area contributed by atoms with Crippen LogP contribution in [0.25, 0.3) is 49.4 Å². The molecule has 2 heterocycles. The normalized spacial score (nSPS) is 11.7. The molecule has 0 atom stereocenters. The maximum atomic E-state index is 6.41. The van der Waals surface area contributed by atoms with Gasteiger partial charge in [0.05, 0.1) is 27.8 Å². The number of rotatable bonds is 4. The molecular formula is C32H25N3O. The number of aromatic nitrogens is 1. The summed E-state index contributed by atoms with van der Waals surface area (Å²) in [5, 5.41) is 4.65. The summed E-state index contributed by atoms with van der Waals surface area (Å²) in [6.07, 6.45) is 0. The van der Waals surface area contributed by atoms with Gasteiger partial charge in [-0.1, -0.05) is 60.7 Å². The van der Waals surface area contributed by atoms with Gasteiger partial charge in [0, 0.05) is 35.4 Å². The van der Waals surface area contributed by atoms with Crippen LogP contribution in [-0.4, -0.2) is 11.6 Å². The number of hydrogen-bond acceptors (Lipinski definition) is 3. The van der Waals surface area contributed by atoms with Gasteiger partial charge in [-0.25, -0.2) is 0 Å². The molecule has 7 rings (SSSR count). The van der Waals surface area contributed by atoms with Crippen molar-refractivity contribution in [3.05, 3.63) is 115 Å². The Morgan fingerprint density at radius 1 is 0.694 bits per heavy atom. The van der Waals surface area contributed by atoms with Crippen LogP contribution in [-0.2, 0) is 6.54 Å². The van der Waals surface area contributed by atoms with Crippen molar-refractivity contribution in [3.8, 4) is 5.69 Å². The molecule has 0 amide bonds. The first-order valence-corrected chi connectivity index (χ1v) is 12.2. The molecule has 4 nitrogen and oxygen atoms in total. The first-order valence-electron chi connectivity index (χ1n) is 12.2. The van der Waals surface area contributed by atoms with Gasteiger partial charge in [0.25, 0.3) is 0 Å². The molecule has 0 aliphatic rings. The Labute approximate surface area is 208 Å². The van der Waals surface area contributed by atoms with Crippen LogP contribution in [0.5, 0.6) is 0 Å². The predicted molar refractivity (Wildman–Crippen MR) is 151 cm³/mol. The van der Waals surface area contributed by atoms with Gasteiger partial charge in [0.15, 0.2) is 0 Å². The third kappa shape index (κ3) is 3.08. The van der Waals surface area contributed by atoms with Crippen molar-refractivity contribution in [1.29, 1.82) is 0 Å². The van der Waals surface area contributed by atoms with Crippen LogP contribution in [0.3, 0.4) is 0 Å². The van der Waals surface area contributed by atoms with Crippen molar-refractivity contribution in [2.24, 2.45) is 0 Å². The summed E-state index contributed by atoms with van der Waals surface area (Å²) in [6, 6.07) is 38.0. The molecular weight excluding hydrogens is 442 g/mol. The largest absolute Gasteiger partial charge is 0.455 e. The Balaban J connectivity index is 1.36. The third-order valence-corrected chi connectivity index (χ3v) is 7.14. The highest BCUT2D eigenvalue weighted by Gasteiger charge is 2.18. The number of benzene rings is 5. The molecule has 0 spiro atoms. The molecule has 0 unspecified atom stereocenters. The van der Waals surface area contributed by atoms with Gasteiger partial charge in [-0.15, -0.1) is 0 Å². The van der Waals surface area contributed by atoms with Gasteiger partial charge >= 0.3 is 0 Å². The molecule has 7 aromatic rings. The Kier molecular flexibility index (Phi) is 4.55. The smallest absolute Gasteiger partial charge is 0.145 e. The molecule has 2 aromatic heterocycles. The topological polar surface area (TPSA) is 47.3 Å². The van der Waals surface area contributed by atoms with Crippen molar-refractivity contribution in [2.45, 2.75) is 6.54 Å². The number of fused-ring (bicyclic) bond motifs is 7. The lowest BCUT2D eigenvalue weighted by atomic mass is 10.1. The molecule has 5 aromatic carbocycles. The van der Waals surface area contributed by atoms with Crippen LogP contribution < -0.4 is 10.6 Å². The fourth-order valence-corrected chi connectivity index (χ4v) is 5.46. The second-order valence-electron chi connectivity index (χ2n) is 9.37. The van der Waals surface area contributed by atoms with Crippen molar-refractivity contribution in [2.75, 3.05) is 17.7 Å². The second kappa shape index (κ2) is 7.92. The maximum Gasteiger partial charge on any atom is 0.145 e. The van der Waals surface area contributed by atoms with E-state index < -0.39 is 0 Å². The first kappa shape index (κ1) is 20.7. The molecule has 174 valence electrons. The Morgan fingerprint density at radius 3 is 2.25 bits per heavy atom. The third-order valence-electron chi connectivity index (χ3n) is 7.14. The van der Waals surface area contributed by atoms with E-state index in [0.717, 1.165) is 56.4 Å². The van der Waals surface area contributed by atoms with E-state index in [2.05, 4.69) is 95.4 Å². The zero-order valence-corrected chi connectivity index (χ0v) is 20.0. The fourth-order valence-electron chi connectivity index (χ4n) is 5.46. The van der Waals surface area contributed by atoms with Crippen LogP contribution in [0.4, 0.5) is 11.4 Å². The molecule has 2 N–H and O–H groups in total. The van der Waals surface area contributed by atoms with Crippen molar-refractivity contribution in [1.82, 2.24) is 4.57 Å². The van der Waals surface area contributed by atoms with Crippen LogP contribution in [0.2, 0.25) is 0 Å². The van der Waals surface area contributed by atoms with Gasteiger partial charge in [-0.2, -0.15) is 0 Å². The monoisotopic (exact) mass is 467 g/mol. The molecule has 4 heteroatoms. The van der Waals surface area contributed by atoms with Crippen LogP contribution in [0.15, 0.2) is 114 Å². The SMILES string of the molecule is CN(Cc1ccc(-n2c3ccccc3c3c4oc5ccccc5c4ccc32)cc1)c1ccccc1N. The molecule has 36 heavy (non-hydrogen) atoms. The predicted octanol–water partition coefficient (Wildman–Crippen LogP) is 7.90. The minimum atomic E-state index is 0.779. The van der Waals surface area contributed by atoms with E-state index in [4.69, 9.17) is 10.2 Å². The average Bonchev–Trinajstić information content (AvgIpc) is 3.45. The Bertz CT molecular complexity index is 1890. The molecule has 0 saturated carbocycles. The number of nitrogen functional groups attached to an aromatic ring is 1. The molecule has 0 saturated heterocycles. The molecule has 0 bridgehead atoms. The molecule has 0 aliphatic heterocycles. The summed E-state index contributed by atoms with van der Waals surface area (Å²) in [4.78, 5) is 2.18. The summed E-state index contributed by atoms with van der Waals surface area (Å²) >= 11 is 0. The lowest BCUT2D eigenvalue weighted by Gasteiger charge is -2.21. The van der Waals surface area contributed by atoms with Gasteiger partial charge in [-0.3, -0.25) is 0 Å². The van der Waals surface area contributed by atoms with Gasteiger partial charge < -0.3 is 19.6 Å². The summed E-state index contributed by atoms with van der Waals surface area (Å²) < 4.78 is 8.74. The number of nitrogens with two attached hydrogens (primary N) is 1. The van der Waals surface area contributed by atoms with E-state index >= 15 is 0 Å². The minimum absolute atomic E-state index is 0.779. The van der Waals surface area contributed by atoms with E-state index in [-0.39, 0.29) is 0 Å². The zero-order chi connectivity index (χ0) is 24.2. The van der Waals surface area contributed by atoms with Crippen molar-refractivity contribution >= 4 is 55.1 Å². The van der Waals surface area contributed by atoms with Crippen LogP contribution >= 0.6 is 0 Å². The van der Waals surface area contributed by atoms with E-state index in [9.17, 15) is 0 Å². The lowest BCUT2D eigenvalue weighted by molar-refractivity contribution is 0.673. The number of anilines is 2. The highest BCUT2D eigenvalue weighted by molar-refractivity contribution is 6.23. The number of para-hydroxylation sites is 4. The highest BCUT2D eigenvalue weighted by Crippen LogP contribution is 2.40. The maximum absolute atomic E-state index is 6.41. The number of nitrogens with zero attached hydrogens (tertiary/aromatic N) is 2. The molecule has 0 fully saturated rings. The van der Waals surface area contributed by atoms with Crippen molar-refractivity contribution in [3.63, 3.8) is 0 Å². The van der Waals surface area contributed by atoms with E-state index in [1.807, 2.05) is 30.3 Å². The highest BCUT2D eigenvalue weighted by atomic mass is 16.3. The summed E-state index contributed by atoms with van der Waals surface area (Å²) in [5.41, 5.74) is 14.5. The summed E-state index contributed by atoms with van der Waals surface area (Å²) in [6.45, 7) is 0.779.